The molecule has 2 aromatic carbocycles. The summed E-state index contributed by atoms with van der Waals surface area (Å²) in [4.78, 5) is 0. The van der Waals surface area contributed by atoms with Crippen LogP contribution in [0.5, 0.6) is 5.75 Å². The molecule has 2 aliphatic carbocycles. The molecule has 0 radical (unpaired) electrons. The van der Waals surface area contributed by atoms with Gasteiger partial charge in [-0.2, -0.15) is 0 Å². The molecule has 2 saturated carbocycles. The van der Waals surface area contributed by atoms with Crippen molar-refractivity contribution in [3.05, 3.63) is 70.5 Å². The summed E-state index contributed by atoms with van der Waals surface area (Å²) in [5.41, 5.74) is 1.61. The summed E-state index contributed by atoms with van der Waals surface area (Å²) in [5, 5.41) is 0. The maximum atomic E-state index is 14.8. The van der Waals surface area contributed by atoms with Crippen LogP contribution in [0.3, 0.4) is 0 Å². The van der Waals surface area contributed by atoms with Gasteiger partial charge in [0.25, 0.3) is 0 Å². The number of ether oxygens (including phenoxy) is 1. The molecule has 0 bridgehead atoms. The van der Waals surface area contributed by atoms with Crippen molar-refractivity contribution in [2.75, 3.05) is 6.61 Å². The second kappa shape index (κ2) is 10.8. The molecule has 0 unspecified atom stereocenters. The number of allylic oxidation sites excluding steroid dienone is 1. The van der Waals surface area contributed by atoms with Gasteiger partial charge < -0.3 is 4.74 Å². The monoisotopic (exact) mass is 456 g/mol. The quantitative estimate of drug-likeness (QED) is 0.422. The highest BCUT2D eigenvalue weighted by molar-refractivity contribution is 5.52. The van der Waals surface area contributed by atoms with Gasteiger partial charge in [-0.1, -0.05) is 50.1 Å². The Morgan fingerprint density at radius 3 is 2.12 bits per heavy atom. The number of halogens is 3. The molecular weight excluding hydrogens is 421 g/mol. The minimum absolute atomic E-state index is 0.131. The van der Waals surface area contributed by atoms with Crippen LogP contribution in [0.1, 0.15) is 93.7 Å². The first-order valence-corrected chi connectivity index (χ1v) is 12.5. The Morgan fingerprint density at radius 1 is 0.818 bits per heavy atom. The van der Waals surface area contributed by atoms with E-state index in [1.54, 1.807) is 18.2 Å². The maximum Gasteiger partial charge on any atom is 0.166 e. The van der Waals surface area contributed by atoms with Gasteiger partial charge in [-0.3, -0.25) is 0 Å². The summed E-state index contributed by atoms with van der Waals surface area (Å²) in [6.07, 6.45) is 11.4. The topological polar surface area (TPSA) is 9.23 Å². The highest BCUT2D eigenvalue weighted by Gasteiger charge is 2.25. The van der Waals surface area contributed by atoms with E-state index in [2.05, 4.69) is 6.92 Å². The van der Waals surface area contributed by atoms with Crippen LogP contribution in [-0.2, 0) is 0 Å². The third-order valence-electron chi connectivity index (χ3n) is 7.64. The van der Waals surface area contributed by atoms with Gasteiger partial charge >= 0.3 is 0 Å². The van der Waals surface area contributed by atoms with E-state index >= 15 is 0 Å². The van der Waals surface area contributed by atoms with Gasteiger partial charge in [0.2, 0.25) is 0 Å². The molecule has 2 fully saturated rings. The minimum Gasteiger partial charge on any atom is -0.494 e. The van der Waals surface area contributed by atoms with E-state index in [0.717, 1.165) is 56.9 Å². The summed E-state index contributed by atoms with van der Waals surface area (Å²) >= 11 is 0. The zero-order valence-electron chi connectivity index (χ0n) is 19.8. The average molecular weight is 457 g/mol. The Bertz CT molecular complexity index is 967. The number of hydrogen-bond acceptors (Lipinski definition) is 1. The lowest BCUT2D eigenvalue weighted by Crippen LogP contribution is -2.13. The first kappa shape index (κ1) is 23.9. The molecule has 0 aliphatic heterocycles. The lowest BCUT2D eigenvalue weighted by Gasteiger charge is -2.27. The molecular formula is C29H35F3O. The van der Waals surface area contributed by atoms with Crippen molar-refractivity contribution in [2.24, 2.45) is 11.8 Å². The predicted octanol–water partition coefficient (Wildman–Crippen LogP) is 8.78. The van der Waals surface area contributed by atoms with Crippen molar-refractivity contribution in [3.63, 3.8) is 0 Å². The molecule has 0 N–H and O–H groups in total. The first-order valence-electron chi connectivity index (χ1n) is 12.5. The Morgan fingerprint density at radius 2 is 1.45 bits per heavy atom. The van der Waals surface area contributed by atoms with Gasteiger partial charge in [-0.25, -0.2) is 13.2 Å². The number of hydrogen-bond donors (Lipinski definition) is 0. The zero-order chi connectivity index (χ0) is 23.4. The SMILES string of the molecule is CCOc1ccc(C2CCC(/C=C/c3ccc(C4CCC(C)CC4)c(F)c3F)CC2)c(F)c1. The van der Waals surface area contributed by atoms with Crippen molar-refractivity contribution in [2.45, 2.75) is 77.0 Å². The van der Waals surface area contributed by atoms with Crippen LogP contribution in [0.25, 0.3) is 6.08 Å². The summed E-state index contributed by atoms with van der Waals surface area (Å²) in [5.74, 6) is 0.257. The van der Waals surface area contributed by atoms with Gasteiger partial charge in [0.1, 0.15) is 11.6 Å². The molecule has 0 spiro atoms. The third kappa shape index (κ3) is 5.65. The standard InChI is InChI=1S/C29H35F3O/c1-3-33-24-15-17-25(27(30)18-24)21-11-6-20(7-12-21)8-13-23-14-16-26(29(32)28(23)31)22-9-4-19(2)5-10-22/h8,13-22H,3-7,9-12H2,1-2H3/b13-8+. The molecule has 0 atom stereocenters. The van der Waals surface area contributed by atoms with Crippen LogP contribution >= 0.6 is 0 Å². The second-order valence-corrected chi connectivity index (χ2v) is 9.92. The summed E-state index contributed by atoms with van der Waals surface area (Å²) < 4.78 is 49.5. The first-order chi connectivity index (χ1) is 16.0. The fourth-order valence-electron chi connectivity index (χ4n) is 5.55. The smallest absolute Gasteiger partial charge is 0.166 e. The Balaban J connectivity index is 1.36. The van der Waals surface area contributed by atoms with E-state index < -0.39 is 11.6 Å². The molecule has 2 aromatic rings. The van der Waals surface area contributed by atoms with Crippen LogP contribution in [0.4, 0.5) is 13.2 Å². The summed E-state index contributed by atoms with van der Waals surface area (Å²) in [6, 6.07) is 8.66. The molecule has 4 heteroatoms. The van der Waals surface area contributed by atoms with Crippen molar-refractivity contribution >= 4 is 6.08 Å². The fourth-order valence-corrected chi connectivity index (χ4v) is 5.55. The highest BCUT2D eigenvalue weighted by atomic mass is 19.2. The van der Waals surface area contributed by atoms with Crippen molar-refractivity contribution < 1.29 is 17.9 Å². The number of benzene rings is 2. The molecule has 4 rings (SSSR count). The normalized spacial score (nSPS) is 26.0. The summed E-state index contributed by atoms with van der Waals surface area (Å²) in [6.45, 7) is 4.62. The van der Waals surface area contributed by atoms with Gasteiger partial charge in [-0.05, 0) is 86.3 Å². The predicted molar refractivity (Wildman–Crippen MR) is 128 cm³/mol. The lowest BCUT2D eigenvalue weighted by atomic mass is 9.78. The van der Waals surface area contributed by atoms with Crippen LogP contribution in [0, 0.1) is 29.3 Å². The molecule has 33 heavy (non-hydrogen) atoms. The largest absolute Gasteiger partial charge is 0.494 e. The minimum atomic E-state index is -0.729. The van der Waals surface area contributed by atoms with E-state index in [9.17, 15) is 13.2 Å². The third-order valence-corrected chi connectivity index (χ3v) is 7.64. The van der Waals surface area contributed by atoms with Gasteiger partial charge in [0.05, 0.1) is 6.61 Å². The Labute approximate surface area is 196 Å². The molecule has 0 heterocycles. The van der Waals surface area contributed by atoms with Crippen molar-refractivity contribution in [3.8, 4) is 5.75 Å². The van der Waals surface area contributed by atoms with Crippen molar-refractivity contribution in [1.29, 1.82) is 0 Å². The van der Waals surface area contributed by atoms with Crippen LogP contribution in [-0.4, -0.2) is 6.61 Å². The number of rotatable bonds is 6. The highest BCUT2D eigenvalue weighted by Crippen LogP contribution is 2.39. The van der Waals surface area contributed by atoms with E-state index in [0.29, 0.717) is 35.3 Å². The van der Waals surface area contributed by atoms with Crippen LogP contribution in [0.15, 0.2) is 36.4 Å². The molecule has 0 aromatic heterocycles. The Hall–Kier alpha value is -2.23. The molecule has 2 aliphatic rings. The Kier molecular flexibility index (Phi) is 7.82. The van der Waals surface area contributed by atoms with E-state index in [1.807, 2.05) is 25.1 Å². The average Bonchev–Trinajstić information content (AvgIpc) is 2.82. The maximum absolute atomic E-state index is 14.8. The van der Waals surface area contributed by atoms with Gasteiger partial charge in [0, 0.05) is 11.6 Å². The molecule has 0 saturated heterocycles. The lowest BCUT2D eigenvalue weighted by molar-refractivity contribution is 0.336. The second-order valence-electron chi connectivity index (χ2n) is 9.92. The van der Waals surface area contributed by atoms with Crippen molar-refractivity contribution in [1.82, 2.24) is 0 Å². The van der Waals surface area contributed by atoms with Crippen LogP contribution in [0.2, 0.25) is 0 Å². The van der Waals surface area contributed by atoms with E-state index in [-0.39, 0.29) is 17.7 Å². The molecule has 0 amide bonds. The zero-order valence-corrected chi connectivity index (χ0v) is 19.8. The molecule has 1 nitrogen and oxygen atoms in total. The van der Waals surface area contributed by atoms with Gasteiger partial charge in [-0.15, -0.1) is 0 Å². The van der Waals surface area contributed by atoms with Crippen LogP contribution < -0.4 is 4.74 Å². The van der Waals surface area contributed by atoms with E-state index in [4.69, 9.17) is 4.74 Å². The molecule has 178 valence electrons. The van der Waals surface area contributed by atoms with Gasteiger partial charge in [0.15, 0.2) is 11.6 Å². The van der Waals surface area contributed by atoms with E-state index in [1.165, 1.54) is 6.07 Å². The fraction of sp³-hybridized carbons (Fsp3) is 0.517. The summed E-state index contributed by atoms with van der Waals surface area (Å²) in [7, 11) is 0.